The van der Waals surface area contributed by atoms with Gasteiger partial charge in [0.05, 0.1) is 6.20 Å². The van der Waals surface area contributed by atoms with E-state index in [0.29, 0.717) is 5.92 Å². The molecule has 1 aliphatic heterocycles. The van der Waals surface area contributed by atoms with Crippen LogP contribution in [0.15, 0.2) is 41.7 Å². The molecule has 2 heterocycles. The summed E-state index contributed by atoms with van der Waals surface area (Å²) in [6.45, 7) is 9.70. The predicted molar refractivity (Wildman–Crippen MR) is 128 cm³/mol. The van der Waals surface area contributed by atoms with E-state index in [0.717, 1.165) is 38.4 Å². The van der Waals surface area contributed by atoms with Crippen LogP contribution in [0.1, 0.15) is 49.8 Å². The van der Waals surface area contributed by atoms with Gasteiger partial charge in [0.2, 0.25) is 0 Å². The van der Waals surface area contributed by atoms with Crippen LogP contribution in [0.5, 0.6) is 0 Å². The van der Waals surface area contributed by atoms with E-state index in [2.05, 4.69) is 71.5 Å². The van der Waals surface area contributed by atoms with E-state index in [1.807, 2.05) is 25.0 Å². The van der Waals surface area contributed by atoms with Crippen molar-refractivity contribution in [3.63, 3.8) is 0 Å². The molecule has 0 radical (unpaired) electrons. The summed E-state index contributed by atoms with van der Waals surface area (Å²) in [6, 6.07) is 9.00. The number of likely N-dealkylation sites (tertiary alicyclic amines) is 1. The van der Waals surface area contributed by atoms with E-state index in [9.17, 15) is 0 Å². The summed E-state index contributed by atoms with van der Waals surface area (Å²) in [6.07, 6.45) is 6.28. The van der Waals surface area contributed by atoms with Crippen molar-refractivity contribution in [2.45, 2.75) is 44.9 Å². The highest BCUT2D eigenvalue weighted by Gasteiger charge is 2.26. The number of nitrogens with one attached hydrogen (secondary N) is 1. The lowest BCUT2D eigenvalue weighted by atomic mass is 9.86. The highest BCUT2D eigenvalue weighted by atomic mass is 127. The van der Waals surface area contributed by atoms with Gasteiger partial charge in [0.15, 0.2) is 5.96 Å². The average Bonchev–Trinajstić information content (AvgIpc) is 3.27. The molecule has 5 nitrogen and oxygen atoms in total. The molecule has 1 atom stereocenters. The zero-order valence-electron chi connectivity index (χ0n) is 17.8. The third-order valence-electron chi connectivity index (χ3n) is 5.41. The first-order valence-corrected chi connectivity index (χ1v) is 9.90. The van der Waals surface area contributed by atoms with Gasteiger partial charge in [0.25, 0.3) is 0 Å². The largest absolute Gasteiger partial charge is 0.356 e. The Hall–Kier alpha value is -1.57. The molecule has 1 unspecified atom stereocenters. The van der Waals surface area contributed by atoms with E-state index >= 15 is 0 Å². The topological polar surface area (TPSA) is 45.5 Å². The molecule has 1 aromatic heterocycles. The van der Waals surface area contributed by atoms with Crippen molar-refractivity contribution >= 4 is 29.9 Å². The standard InChI is InChI=1S/C22H33N5.HI/c1-22(2,3)20-8-6-17(7-9-20)10-12-24-21(23-4)27-13-11-18(16-27)19-14-25-26(5)15-19;/h6-9,14-15,18H,10-13,16H2,1-5H3,(H,23,24);1H. The fourth-order valence-electron chi connectivity index (χ4n) is 3.70. The molecule has 1 aliphatic rings. The molecule has 6 heteroatoms. The zero-order chi connectivity index (χ0) is 19.4. The van der Waals surface area contributed by atoms with Crippen molar-refractivity contribution in [3.8, 4) is 0 Å². The van der Waals surface area contributed by atoms with Crippen LogP contribution in [0.4, 0.5) is 0 Å². The average molecular weight is 495 g/mol. The second-order valence-corrected chi connectivity index (χ2v) is 8.55. The molecule has 1 aromatic carbocycles. The summed E-state index contributed by atoms with van der Waals surface area (Å²) in [7, 11) is 3.85. The Kier molecular flexibility index (Phi) is 7.92. The van der Waals surface area contributed by atoms with Crippen LogP contribution < -0.4 is 5.32 Å². The second-order valence-electron chi connectivity index (χ2n) is 8.55. The lowest BCUT2D eigenvalue weighted by molar-refractivity contribution is 0.486. The van der Waals surface area contributed by atoms with Gasteiger partial charge >= 0.3 is 0 Å². The van der Waals surface area contributed by atoms with Gasteiger partial charge in [-0.3, -0.25) is 9.67 Å². The number of aromatic nitrogens is 2. The number of aliphatic imine (C=N–C) groups is 1. The van der Waals surface area contributed by atoms with E-state index < -0.39 is 0 Å². The first-order chi connectivity index (χ1) is 12.9. The van der Waals surface area contributed by atoms with Crippen molar-refractivity contribution in [3.05, 3.63) is 53.3 Å². The first-order valence-electron chi connectivity index (χ1n) is 9.90. The molecular weight excluding hydrogens is 461 g/mol. The van der Waals surface area contributed by atoms with Crippen LogP contribution in [0.25, 0.3) is 0 Å². The number of halogens is 1. The number of guanidine groups is 1. The van der Waals surface area contributed by atoms with E-state index in [1.165, 1.54) is 16.7 Å². The Morgan fingerprint density at radius 2 is 1.96 bits per heavy atom. The quantitative estimate of drug-likeness (QED) is 0.397. The number of rotatable bonds is 4. The van der Waals surface area contributed by atoms with Gasteiger partial charge in [-0.25, -0.2) is 0 Å². The van der Waals surface area contributed by atoms with Gasteiger partial charge in [-0.1, -0.05) is 45.0 Å². The van der Waals surface area contributed by atoms with Crippen LogP contribution in [-0.4, -0.2) is 47.3 Å². The summed E-state index contributed by atoms with van der Waals surface area (Å²) in [5, 5.41) is 7.84. The maximum Gasteiger partial charge on any atom is 0.193 e. The van der Waals surface area contributed by atoms with Gasteiger partial charge < -0.3 is 10.2 Å². The lowest BCUT2D eigenvalue weighted by Gasteiger charge is -2.22. The first kappa shape index (κ1) is 22.7. The summed E-state index contributed by atoms with van der Waals surface area (Å²) in [5.74, 6) is 1.55. The SMILES string of the molecule is CN=C(NCCc1ccc(C(C)(C)C)cc1)N1CCC(c2cnn(C)c2)C1.I. The van der Waals surface area contributed by atoms with Crippen LogP contribution in [0, 0.1) is 0 Å². The van der Waals surface area contributed by atoms with Crippen LogP contribution in [0.2, 0.25) is 0 Å². The van der Waals surface area contributed by atoms with Crippen molar-refractivity contribution in [1.82, 2.24) is 20.0 Å². The summed E-state index contributed by atoms with van der Waals surface area (Å²) < 4.78 is 1.88. The Bertz CT molecular complexity index is 773. The van der Waals surface area contributed by atoms with E-state index in [-0.39, 0.29) is 29.4 Å². The third-order valence-corrected chi connectivity index (χ3v) is 5.41. The number of hydrogen-bond donors (Lipinski definition) is 1. The second kappa shape index (κ2) is 9.76. The molecule has 2 aromatic rings. The minimum absolute atomic E-state index is 0. The molecular formula is C22H34IN5. The highest BCUT2D eigenvalue weighted by molar-refractivity contribution is 14.0. The molecule has 0 spiro atoms. The molecule has 1 saturated heterocycles. The maximum atomic E-state index is 4.49. The Balaban J connectivity index is 0.00000280. The molecule has 0 aliphatic carbocycles. The number of aryl methyl sites for hydroxylation is 1. The van der Waals surface area contributed by atoms with Crippen molar-refractivity contribution in [2.24, 2.45) is 12.0 Å². The summed E-state index contributed by atoms with van der Waals surface area (Å²) >= 11 is 0. The normalized spacial score (nSPS) is 17.5. The number of hydrogen-bond acceptors (Lipinski definition) is 2. The minimum Gasteiger partial charge on any atom is -0.356 e. The molecule has 0 saturated carbocycles. The molecule has 28 heavy (non-hydrogen) atoms. The Labute approximate surface area is 186 Å². The predicted octanol–water partition coefficient (Wildman–Crippen LogP) is 3.94. The van der Waals surface area contributed by atoms with Crippen molar-refractivity contribution < 1.29 is 0 Å². The minimum atomic E-state index is 0. The third kappa shape index (κ3) is 5.72. The fraction of sp³-hybridized carbons (Fsp3) is 0.545. The molecule has 0 amide bonds. The highest BCUT2D eigenvalue weighted by Crippen LogP contribution is 2.26. The van der Waals surface area contributed by atoms with Crippen molar-refractivity contribution in [2.75, 3.05) is 26.7 Å². The van der Waals surface area contributed by atoms with Crippen LogP contribution in [0.3, 0.4) is 0 Å². The molecule has 1 fully saturated rings. The molecule has 154 valence electrons. The van der Waals surface area contributed by atoms with Crippen LogP contribution in [-0.2, 0) is 18.9 Å². The van der Waals surface area contributed by atoms with E-state index in [1.54, 1.807) is 0 Å². The lowest BCUT2D eigenvalue weighted by Crippen LogP contribution is -2.40. The van der Waals surface area contributed by atoms with Gasteiger partial charge in [-0.05, 0) is 34.9 Å². The summed E-state index contributed by atoms with van der Waals surface area (Å²) in [5.41, 5.74) is 4.28. The van der Waals surface area contributed by atoms with Gasteiger partial charge in [0, 0.05) is 45.8 Å². The van der Waals surface area contributed by atoms with Gasteiger partial charge in [0.1, 0.15) is 0 Å². The van der Waals surface area contributed by atoms with Crippen molar-refractivity contribution in [1.29, 1.82) is 0 Å². The smallest absolute Gasteiger partial charge is 0.193 e. The monoisotopic (exact) mass is 495 g/mol. The molecule has 3 rings (SSSR count). The van der Waals surface area contributed by atoms with E-state index in [4.69, 9.17) is 0 Å². The summed E-state index contributed by atoms with van der Waals surface area (Å²) in [4.78, 5) is 6.85. The Morgan fingerprint density at radius 1 is 1.25 bits per heavy atom. The van der Waals surface area contributed by atoms with Gasteiger partial charge in [-0.2, -0.15) is 5.10 Å². The molecule has 0 bridgehead atoms. The van der Waals surface area contributed by atoms with Crippen LogP contribution >= 0.6 is 24.0 Å². The fourth-order valence-corrected chi connectivity index (χ4v) is 3.70. The molecule has 1 N–H and O–H groups in total. The number of benzene rings is 1. The Morgan fingerprint density at radius 3 is 2.54 bits per heavy atom. The van der Waals surface area contributed by atoms with Gasteiger partial charge in [-0.15, -0.1) is 24.0 Å². The number of nitrogens with zero attached hydrogens (tertiary/aromatic N) is 4. The maximum absolute atomic E-state index is 4.49. The zero-order valence-corrected chi connectivity index (χ0v) is 20.1.